The second-order valence-electron chi connectivity index (χ2n) is 6.39. The van der Waals surface area contributed by atoms with Crippen LogP contribution in [0.5, 0.6) is 5.75 Å². The summed E-state index contributed by atoms with van der Waals surface area (Å²) in [4.78, 5) is 19.9. The highest BCUT2D eigenvalue weighted by atomic mass is 35.5. The number of hydrogen-bond donors (Lipinski definition) is 2. The van der Waals surface area contributed by atoms with Crippen molar-refractivity contribution >= 4 is 39.9 Å². The van der Waals surface area contributed by atoms with E-state index in [0.29, 0.717) is 38.7 Å². The number of nitrogens with two attached hydrogens (primary N) is 1. The highest BCUT2D eigenvalue weighted by molar-refractivity contribution is 6.32. The zero-order valence-corrected chi connectivity index (χ0v) is 16.3. The molecule has 0 aliphatic rings. The number of amides is 1. The molecule has 0 fully saturated rings. The smallest absolute Gasteiger partial charge is 0.286 e. The molecule has 1 aromatic heterocycles. The molecule has 4 rings (SSSR count). The SMILES string of the molecule is NC(=O)c1nc(Nc2ccc(OCc3cccc(F)c3)c(Cl)c2)c2c[c]ccc2n1. The van der Waals surface area contributed by atoms with Gasteiger partial charge in [0.1, 0.15) is 24.0 Å². The van der Waals surface area contributed by atoms with Crippen molar-refractivity contribution in [3.63, 3.8) is 0 Å². The van der Waals surface area contributed by atoms with E-state index in [-0.39, 0.29) is 18.2 Å². The van der Waals surface area contributed by atoms with Crippen molar-refractivity contribution in [2.75, 3.05) is 5.32 Å². The van der Waals surface area contributed by atoms with E-state index in [1.807, 2.05) is 0 Å². The zero-order valence-electron chi connectivity index (χ0n) is 15.5. The van der Waals surface area contributed by atoms with E-state index in [1.54, 1.807) is 48.5 Å². The monoisotopic (exact) mass is 421 g/mol. The van der Waals surface area contributed by atoms with Crippen LogP contribution in [0.2, 0.25) is 5.02 Å². The van der Waals surface area contributed by atoms with Gasteiger partial charge in [0, 0.05) is 11.1 Å². The van der Waals surface area contributed by atoms with E-state index in [1.165, 1.54) is 12.1 Å². The third-order valence-electron chi connectivity index (χ3n) is 4.24. The van der Waals surface area contributed by atoms with Crippen molar-refractivity contribution in [1.82, 2.24) is 9.97 Å². The fraction of sp³-hybridized carbons (Fsp3) is 0.0455. The lowest BCUT2D eigenvalue weighted by molar-refractivity contribution is 0.0991. The minimum atomic E-state index is -0.730. The van der Waals surface area contributed by atoms with Crippen LogP contribution >= 0.6 is 11.6 Å². The number of anilines is 2. The van der Waals surface area contributed by atoms with Crippen molar-refractivity contribution in [2.45, 2.75) is 6.61 Å². The quantitative estimate of drug-likeness (QED) is 0.473. The molecule has 6 nitrogen and oxygen atoms in total. The normalized spacial score (nSPS) is 10.7. The Hall–Kier alpha value is -3.71. The van der Waals surface area contributed by atoms with Crippen LogP contribution < -0.4 is 15.8 Å². The minimum absolute atomic E-state index is 0.0997. The highest BCUT2D eigenvalue weighted by Gasteiger charge is 2.12. The van der Waals surface area contributed by atoms with Crippen molar-refractivity contribution in [3.05, 3.63) is 89.0 Å². The first-order valence-corrected chi connectivity index (χ1v) is 9.29. The first-order valence-electron chi connectivity index (χ1n) is 8.91. The number of rotatable bonds is 6. The van der Waals surface area contributed by atoms with E-state index < -0.39 is 5.91 Å². The van der Waals surface area contributed by atoms with Gasteiger partial charge in [0.2, 0.25) is 5.82 Å². The maximum Gasteiger partial charge on any atom is 0.286 e. The first-order chi connectivity index (χ1) is 14.5. The number of hydrogen-bond acceptors (Lipinski definition) is 5. The topological polar surface area (TPSA) is 90.1 Å². The molecule has 1 amide bonds. The Labute approximate surface area is 176 Å². The Morgan fingerprint density at radius 3 is 2.83 bits per heavy atom. The van der Waals surface area contributed by atoms with E-state index in [0.717, 1.165) is 0 Å². The second-order valence-corrected chi connectivity index (χ2v) is 6.80. The molecule has 0 bridgehead atoms. The summed E-state index contributed by atoms with van der Waals surface area (Å²) < 4.78 is 19.0. The van der Waals surface area contributed by atoms with Crippen LogP contribution in [0.3, 0.4) is 0 Å². The van der Waals surface area contributed by atoms with Crippen LogP contribution in [0, 0.1) is 11.9 Å². The Balaban J connectivity index is 1.57. The molecule has 30 heavy (non-hydrogen) atoms. The second kappa shape index (κ2) is 8.34. The summed E-state index contributed by atoms with van der Waals surface area (Å²) >= 11 is 6.34. The number of carbonyl (C=O) groups is 1. The molecule has 0 saturated heterocycles. The number of aromatic nitrogens is 2. The number of nitrogens with one attached hydrogen (secondary N) is 1. The number of primary amides is 1. The summed E-state index contributed by atoms with van der Waals surface area (Å²) in [5, 5.41) is 4.15. The maximum absolute atomic E-state index is 13.3. The van der Waals surface area contributed by atoms with Gasteiger partial charge in [-0.25, -0.2) is 14.4 Å². The lowest BCUT2D eigenvalue weighted by atomic mass is 10.2. The number of halogens is 2. The van der Waals surface area contributed by atoms with E-state index in [2.05, 4.69) is 21.4 Å². The third-order valence-corrected chi connectivity index (χ3v) is 4.53. The Morgan fingerprint density at radius 2 is 2.07 bits per heavy atom. The van der Waals surface area contributed by atoms with Gasteiger partial charge in [0.25, 0.3) is 5.91 Å². The largest absolute Gasteiger partial charge is 0.487 e. The summed E-state index contributed by atoms with van der Waals surface area (Å²) in [5.74, 6) is -0.309. The molecule has 0 saturated carbocycles. The molecule has 4 aromatic rings. The lowest BCUT2D eigenvalue weighted by Crippen LogP contribution is -2.16. The summed E-state index contributed by atoms with van der Waals surface area (Å²) in [5.41, 5.74) is 7.21. The number of benzene rings is 3. The molecular formula is C22H15ClFN4O2. The fourth-order valence-corrected chi connectivity index (χ4v) is 3.08. The molecule has 8 heteroatoms. The molecular weight excluding hydrogens is 407 g/mol. The van der Waals surface area contributed by atoms with Crippen LogP contribution in [0.4, 0.5) is 15.9 Å². The van der Waals surface area contributed by atoms with Crippen molar-refractivity contribution in [1.29, 1.82) is 0 Å². The third kappa shape index (κ3) is 4.31. The predicted octanol–water partition coefficient (Wildman–Crippen LogP) is 4.64. The Bertz CT molecular complexity index is 1250. The summed E-state index contributed by atoms with van der Waals surface area (Å²) in [6, 6.07) is 19.3. The summed E-state index contributed by atoms with van der Waals surface area (Å²) in [6.07, 6.45) is 0. The van der Waals surface area contributed by atoms with Crippen LogP contribution in [-0.2, 0) is 6.61 Å². The first kappa shape index (κ1) is 19.6. The van der Waals surface area contributed by atoms with Gasteiger partial charge in [-0.15, -0.1) is 0 Å². The van der Waals surface area contributed by atoms with E-state index >= 15 is 0 Å². The summed E-state index contributed by atoms with van der Waals surface area (Å²) in [6.45, 7) is 0.179. The van der Waals surface area contributed by atoms with Crippen LogP contribution in [-0.4, -0.2) is 15.9 Å². The average molecular weight is 422 g/mol. The van der Waals surface area contributed by atoms with Gasteiger partial charge in [0.05, 0.1) is 10.5 Å². The molecule has 0 aliphatic carbocycles. The molecule has 1 radical (unpaired) electrons. The molecule has 0 atom stereocenters. The Morgan fingerprint density at radius 1 is 1.20 bits per heavy atom. The van der Waals surface area contributed by atoms with Crippen molar-refractivity contribution < 1.29 is 13.9 Å². The van der Waals surface area contributed by atoms with Gasteiger partial charge in [-0.2, -0.15) is 0 Å². The fourth-order valence-electron chi connectivity index (χ4n) is 2.84. The van der Waals surface area contributed by atoms with Gasteiger partial charge in [-0.05, 0) is 54.1 Å². The molecule has 0 unspecified atom stereocenters. The highest BCUT2D eigenvalue weighted by Crippen LogP contribution is 2.31. The van der Waals surface area contributed by atoms with Gasteiger partial charge in [-0.1, -0.05) is 29.8 Å². The average Bonchev–Trinajstić information content (AvgIpc) is 2.73. The van der Waals surface area contributed by atoms with Gasteiger partial charge in [-0.3, -0.25) is 4.79 Å². The summed E-state index contributed by atoms with van der Waals surface area (Å²) in [7, 11) is 0. The van der Waals surface area contributed by atoms with Gasteiger partial charge >= 0.3 is 0 Å². The zero-order chi connectivity index (χ0) is 21.1. The number of ether oxygens (including phenoxy) is 1. The minimum Gasteiger partial charge on any atom is -0.487 e. The van der Waals surface area contributed by atoms with Crippen LogP contribution in [0.25, 0.3) is 10.9 Å². The Kier molecular flexibility index (Phi) is 5.45. The molecule has 149 valence electrons. The number of fused-ring (bicyclic) bond motifs is 1. The van der Waals surface area contributed by atoms with E-state index in [4.69, 9.17) is 22.1 Å². The molecule has 3 aromatic carbocycles. The van der Waals surface area contributed by atoms with Crippen molar-refractivity contribution in [2.24, 2.45) is 5.73 Å². The molecule has 1 heterocycles. The van der Waals surface area contributed by atoms with E-state index in [9.17, 15) is 9.18 Å². The number of carbonyl (C=O) groups excluding carboxylic acids is 1. The predicted molar refractivity (Wildman–Crippen MR) is 112 cm³/mol. The van der Waals surface area contributed by atoms with Crippen molar-refractivity contribution in [3.8, 4) is 5.75 Å². The van der Waals surface area contributed by atoms with Gasteiger partial charge < -0.3 is 15.8 Å². The molecule has 0 spiro atoms. The molecule has 3 N–H and O–H groups in total. The number of nitrogens with zero attached hydrogens (tertiary/aromatic N) is 2. The maximum atomic E-state index is 13.3. The molecule has 0 aliphatic heterocycles. The van der Waals surface area contributed by atoms with Crippen LogP contribution in [0.15, 0.2) is 60.7 Å². The van der Waals surface area contributed by atoms with Crippen LogP contribution in [0.1, 0.15) is 16.2 Å². The van der Waals surface area contributed by atoms with Gasteiger partial charge in [0.15, 0.2) is 0 Å². The lowest BCUT2D eigenvalue weighted by Gasteiger charge is -2.12. The standard InChI is InChI=1S/C22H15ClFN4O2/c23-17-11-15(8-9-19(17)30-12-13-4-3-5-14(24)10-13)26-21-16-6-1-2-7-18(16)27-22(28-21)20(25)29/h2-11H,12H2,(H2,25,29)(H,26,27,28).